The van der Waals surface area contributed by atoms with Gasteiger partial charge >= 0.3 is 0 Å². The number of rotatable bonds is 6. The Morgan fingerprint density at radius 1 is 0.750 bits per heavy atom. The SMILES string of the molecule is COc1cc(C2C(N3C(=O)c4ccccc4C3=O)C(=O)N2c2ccc(C)c(Cl)c2)cc(OC)c1OC. The molecule has 0 aromatic heterocycles. The predicted octanol–water partition coefficient (Wildman–Crippen LogP) is 4.43. The third kappa shape index (κ3) is 3.40. The molecule has 5 rings (SSSR count). The third-order valence-corrected chi connectivity index (χ3v) is 7.04. The topological polar surface area (TPSA) is 85.4 Å². The van der Waals surface area contributed by atoms with Crippen molar-refractivity contribution in [3.8, 4) is 17.2 Å². The molecule has 2 heterocycles. The zero-order chi connectivity index (χ0) is 25.7. The van der Waals surface area contributed by atoms with E-state index in [1.54, 1.807) is 48.5 Å². The van der Waals surface area contributed by atoms with Gasteiger partial charge in [-0.3, -0.25) is 19.3 Å². The van der Waals surface area contributed by atoms with Gasteiger partial charge in [0.05, 0.1) is 38.5 Å². The van der Waals surface area contributed by atoms with Crippen molar-refractivity contribution in [1.29, 1.82) is 0 Å². The van der Waals surface area contributed by atoms with Crippen LogP contribution < -0.4 is 19.1 Å². The van der Waals surface area contributed by atoms with Gasteiger partial charge in [-0.05, 0) is 54.4 Å². The molecule has 9 heteroatoms. The molecule has 3 amide bonds. The smallest absolute Gasteiger partial charge is 0.262 e. The number of aryl methyl sites for hydroxylation is 1. The van der Waals surface area contributed by atoms with E-state index in [1.165, 1.54) is 26.2 Å². The number of benzene rings is 3. The summed E-state index contributed by atoms with van der Waals surface area (Å²) in [6.07, 6.45) is 0. The molecular formula is C27H23ClN2O6. The van der Waals surface area contributed by atoms with Crippen molar-refractivity contribution in [1.82, 2.24) is 4.90 Å². The monoisotopic (exact) mass is 506 g/mol. The van der Waals surface area contributed by atoms with Crippen LogP contribution in [0.2, 0.25) is 5.02 Å². The Bertz CT molecular complexity index is 1360. The van der Waals surface area contributed by atoms with E-state index < -0.39 is 29.8 Å². The lowest BCUT2D eigenvalue weighted by Crippen LogP contribution is -2.67. The first kappa shape index (κ1) is 23.7. The molecule has 2 unspecified atom stereocenters. The van der Waals surface area contributed by atoms with Crippen LogP contribution in [-0.2, 0) is 4.79 Å². The molecule has 0 radical (unpaired) electrons. The van der Waals surface area contributed by atoms with E-state index in [0.29, 0.717) is 33.5 Å². The average molecular weight is 507 g/mol. The number of hydrogen-bond donors (Lipinski definition) is 0. The number of methoxy groups -OCH3 is 3. The molecule has 1 saturated heterocycles. The molecule has 2 aliphatic rings. The molecule has 2 atom stereocenters. The van der Waals surface area contributed by atoms with Gasteiger partial charge in [0, 0.05) is 10.7 Å². The molecule has 1 fully saturated rings. The molecule has 36 heavy (non-hydrogen) atoms. The maximum Gasteiger partial charge on any atom is 0.262 e. The van der Waals surface area contributed by atoms with Crippen molar-refractivity contribution in [3.05, 3.63) is 81.9 Å². The number of amides is 3. The minimum atomic E-state index is -1.07. The number of halogens is 1. The molecule has 0 spiro atoms. The van der Waals surface area contributed by atoms with Crippen molar-refractivity contribution in [2.45, 2.75) is 19.0 Å². The van der Waals surface area contributed by atoms with Crippen molar-refractivity contribution in [2.24, 2.45) is 0 Å². The highest BCUT2D eigenvalue weighted by Gasteiger charge is 2.57. The van der Waals surface area contributed by atoms with Crippen LogP contribution >= 0.6 is 11.6 Å². The van der Waals surface area contributed by atoms with Crippen LogP contribution in [0, 0.1) is 6.92 Å². The van der Waals surface area contributed by atoms with Crippen LogP contribution in [0.3, 0.4) is 0 Å². The molecule has 184 valence electrons. The second-order valence-electron chi connectivity index (χ2n) is 8.52. The molecule has 3 aromatic rings. The number of ether oxygens (including phenoxy) is 3. The highest BCUT2D eigenvalue weighted by molar-refractivity contribution is 6.32. The summed E-state index contributed by atoms with van der Waals surface area (Å²) in [6.45, 7) is 1.86. The van der Waals surface area contributed by atoms with Crippen LogP contribution in [0.1, 0.15) is 37.9 Å². The third-order valence-electron chi connectivity index (χ3n) is 6.63. The molecule has 0 bridgehead atoms. The zero-order valence-electron chi connectivity index (χ0n) is 20.1. The predicted molar refractivity (Wildman–Crippen MR) is 133 cm³/mol. The van der Waals surface area contributed by atoms with E-state index in [0.717, 1.165) is 10.5 Å². The van der Waals surface area contributed by atoms with E-state index in [1.807, 2.05) is 13.0 Å². The Morgan fingerprint density at radius 2 is 1.33 bits per heavy atom. The van der Waals surface area contributed by atoms with Crippen molar-refractivity contribution in [2.75, 3.05) is 26.2 Å². The van der Waals surface area contributed by atoms with Crippen molar-refractivity contribution in [3.63, 3.8) is 0 Å². The molecule has 0 N–H and O–H groups in total. The number of β-lactam (4-membered cyclic amide) rings is 1. The number of nitrogens with zero attached hydrogens (tertiary/aromatic N) is 2. The second-order valence-corrected chi connectivity index (χ2v) is 8.92. The lowest BCUT2D eigenvalue weighted by atomic mass is 9.85. The van der Waals surface area contributed by atoms with Crippen LogP contribution in [0.5, 0.6) is 17.2 Å². The Balaban J connectivity index is 1.66. The van der Waals surface area contributed by atoms with Gasteiger partial charge in [-0.15, -0.1) is 0 Å². The summed E-state index contributed by atoms with van der Waals surface area (Å²) < 4.78 is 16.5. The maximum atomic E-state index is 13.7. The first-order valence-electron chi connectivity index (χ1n) is 11.2. The zero-order valence-corrected chi connectivity index (χ0v) is 20.8. The summed E-state index contributed by atoms with van der Waals surface area (Å²) in [7, 11) is 4.48. The normalized spacial score (nSPS) is 18.8. The fourth-order valence-corrected chi connectivity index (χ4v) is 4.98. The van der Waals surface area contributed by atoms with Gasteiger partial charge in [-0.2, -0.15) is 0 Å². The van der Waals surface area contributed by atoms with E-state index in [4.69, 9.17) is 25.8 Å². The molecule has 2 aliphatic heterocycles. The van der Waals surface area contributed by atoms with Gasteiger partial charge in [0.2, 0.25) is 5.75 Å². The largest absolute Gasteiger partial charge is 0.493 e. The standard InChI is InChI=1S/C27H23ClN2O6/c1-14-9-10-16(13-19(14)28)29-22(15-11-20(34-2)24(36-4)21(12-15)35-3)23(27(29)33)30-25(31)17-7-5-6-8-18(17)26(30)32/h5-13,22-23H,1-4H3. The number of carbonyl (C=O) groups is 3. The lowest BCUT2D eigenvalue weighted by molar-refractivity contribution is -0.130. The average Bonchev–Trinajstić information content (AvgIpc) is 3.13. The van der Waals surface area contributed by atoms with E-state index in [-0.39, 0.29) is 11.1 Å². The summed E-state index contributed by atoms with van der Waals surface area (Å²) in [4.78, 5) is 42.8. The molecular weight excluding hydrogens is 484 g/mol. The van der Waals surface area contributed by atoms with Gasteiger partial charge < -0.3 is 19.1 Å². The first-order chi connectivity index (χ1) is 17.3. The number of fused-ring (bicyclic) bond motifs is 1. The Morgan fingerprint density at radius 3 is 1.83 bits per heavy atom. The van der Waals surface area contributed by atoms with Crippen LogP contribution in [0.15, 0.2) is 54.6 Å². The Labute approximate surface area is 212 Å². The molecule has 0 aliphatic carbocycles. The maximum absolute atomic E-state index is 13.7. The number of carbonyl (C=O) groups excluding carboxylic acids is 3. The van der Waals surface area contributed by atoms with Gasteiger partial charge in [-0.1, -0.05) is 29.8 Å². The van der Waals surface area contributed by atoms with Crippen LogP contribution in [0.4, 0.5) is 5.69 Å². The number of hydrogen-bond acceptors (Lipinski definition) is 6. The summed E-state index contributed by atoms with van der Waals surface area (Å²) >= 11 is 6.37. The lowest BCUT2D eigenvalue weighted by Gasteiger charge is -2.50. The summed E-state index contributed by atoms with van der Waals surface area (Å²) in [5.74, 6) is -0.260. The summed E-state index contributed by atoms with van der Waals surface area (Å²) in [6, 6.07) is 13.5. The van der Waals surface area contributed by atoms with E-state index in [2.05, 4.69) is 0 Å². The minimum Gasteiger partial charge on any atom is -0.493 e. The van der Waals surface area contributed by atoms with Crippen molar-refractivity contribution >= 4 is 35.0 Å². The quantitative estimate of drug-likeness (QED) is 0.363. The van der Waals surface area contributed by atoms with Gasteiger partial charge in [0.25, 0.3) is 17.7 Å². The Kier molecular flexibility index (Phi) is 5.84. The fourth-order valence-electron chi connectivity index (χ4n) is 4.81. The first-order valence-corrected chi connectivity index (χ1v) is 11.6. The summed E-state index contributed by atoms with van der Waals surface area (Å²) in [5.41, 5.74) is 2.55. The molecule has 3 aromatic carbocycles. The van der Waals surface area contributed by atoms with Gasteiger partial charge in [0.1, 0.15) is 6.04 Å². The highest BCUT2D eigenvalue weighted by Crippen LogP contribution is 2.48. The van der Waals surface area contributed by atoms with Crippen LogP contribution in [0.25, 0.3) is 0 Å². The summed E-state index contributed by atoms with van der Waals surface area (Å²) in [5, 5.41) is 0.494. The van der Waals surface area contributed by atoms with Crippen molar-refractivity contribution < 1.29 is 28.6 Å². The van der Waals surface area contributed by atoms with Gasteiger partial charge in [0.15, 0.2) is 11.5 Å². The van der Waals surface area contributed by atoms with E-state index in [9.17, 15) is 14.4 Å². The molecule has 0 saturated carbocycles. The molecule has 8 nitrogen and oxygen atoms in total. The van der Waals surface area contributed by atoms with E-state index >= 15 is 0 Å². The highest BCUT2D eigenvalue weighted by atomic mass is 35.5. The number of imide groups is 1. The van der Waals surface area contributed by atoms with Gasteiger partial charge in [-0.25, -0.2) is 0 Å². The van der Waals surface area contributed by atoms with Crippen LogP contribution in [-0.4, -0.2) is 50.0 Å². The number of anilines is 1. The Hall–Kier alpha value is -4.04. The second kappa shape index (κ2) is 8.87. The minimum absolute atomic E-state index is 0.274. The fraction of sp³-hybridized carbons (Fsp3) is 0.222.